The zero-order valence-electron chi connectivity index (χ0n) is 9.36. The van der Waals surface area contributed by atoms with Crippen molar-refractivity contribution in [3.05, 3.63) is 21.3 Å². The summed E-state index contributed by atoms with van der Waals surface area (Å²) in [6.07, 6.45) is 0.173. The van der Waals surface area contributed by atoms with Crippen LogP contribution in [0.15, 0.2) is 12.1 Å². The Balaban J connectivity index is 2.01. The summed E-state index contributed by atoms with van der Waals surface area (Å²) >= 11 is 7.60. The number of rotatable bonds is 3. The first-order valence-electron chi connectivity index (χ1n) is 5.51. The quantitative estimate of drug-likeness (QED) is 0.905. The molecule has 2 atom stereocenters. The molecular weight excluding hydrogens is 244 g/mol. The highest BCUT2D eigenvalue weighted by atomic mass is 35.5. The van der Waals surface area contributed by atoms with E-state index in [9.17, 15) is 0 Å². The Labute approximate surface area is 105 Å². The molecule has 0 bridgehead atoms. The molecule has 1 fully saturated rings. The number of nitrogens with two attached hydrogens (primary N) is 1. The van der Waals surface area contributed by atoms with E-state index in [1.807, 2.05) is 6.07 Å². The van der Waals surface area contributed by atoms with Crippen molar-refractivity contribution in [2.75, 3.05) is 26.2 Å². The van der Waals surface area contributed by atoms with Crippen molar-refractivity contribution in [1.29, 1.82) is 0 Å². The average molecular weight is 261 g/mol. The molecule has 0 spiro atoms. The minimum Gasteiger partial charge on any atom is -0.374 e. The predicted octanol–water partition coefficient (Wildman–Crippen LogP) is 2.12. The van der Waals surface area contributed by atoms with Gasteiger partial charge in [-0.25, -0.2) is 0 Å². The molecule has 5 heteroatoms. The van der Waals surface area contributed by atoms with E-state index in [0.717, 1.165) is 24.0 Å². The summed E-state index contributed by atoms with van der Waals surface area (Å²) in [5.74, 6) is 0. The molecule has 2 unspecified atom stereocenters. The van der Waals surface area contributed by atoms with Crippen LogP contribution in [-0.4, -0.2) is 37.2 Å². The third kappa shape index (κ3) is 2.76. The summed E-state index contributed by atoms with van der Waals surface area (Å²) in [4.78, 5) is 3.71. The van der Waals surface area contributed by atoms with Crippen LogP contribution in [0.25, 0.3) is 0 Å². The maximum absolute atomic E-state index is 5.95. The molecule has 0 amide bonds. The number of nitrogens with zero attached hydrogens (tertiary/aromatic N) is 1. The summed E-state index contributed by atoms with van der Waals surface area (Å²) in [6, 6.07) is 4.46. The Kier molecular flexibility index (Phi) is 4.21. The Morgan fingerprint density at radius 3 is 3.12 bits per heavy atom. The van der Waals surface area contributed by atoms with E-state index >= 15 is 0 Å². The molecule has 3 nitrogen and oxygen atoms in total. The number of halogens is 1. The van der Waals surface area contributed by atoms with E-state index in [1.165, 1.54) is 4.88 Å². The first-order chi connectivity index (χ1) is 7.70. The lowest BCUT2D eigenvalue weighted by Gasteiger charge is -2.36. The van der Waals surface area contributed by atoms with E-state index in [1.54, 1.807) is 11.3 Å². The minimum atomic E-state index is 0.173. The largest absolute Gasteiger partial charge is 0.374 e. The van der Waals surface area contributed by atoms with Crippen LogP contribution in [0.5, 0.6) is 0 Å². The Morgan fingerprint density at radius 2 is 2.50 bits per heavy atom. The highest BCUT2D eigenvalue weighted by molar-refractivity contribution is 7.16. The molecule has 0 saturated carbocycles. The molecule has 90 valence electrons. The van der Waals surface area contributed by atoms with Gasteiger partial charge in [0.2, 0.25) is 0 Å². The van der Waals surface area contributed by atoms with Crippen molar-refractivity contribution < 1.29 is 4.74 Å². The fourth-order valence-corrected chi connectivity index (χ4v) is 3.12. The average Bonchev–Trinajstić information content (AvgIpc) is 2.75. The van der Waals surface area contributed by atoms with Gasteiger partial charge in [0.05, 0.1) is 17.0 Å². The van der Waals surface area contributed by atoms with Gasteiger partial charge in [-0.2, -0.15) is 0 Å². The van der Waals surface area contributed by atoms with Gasteiger partial charge in [-0.1, -0.05) is 11.6 Å². The van der Waals surface area contributed by atoms with Crippen molar-refractivity contribution in [3.8, 4) is 0 Å². The van der Waals surface area contributed by atoms with Crippen LogP contribution in [0.2, 0.25) is 4.34 Å². The van der Waals surface area contributed by atoms with E-state index in [0.29, 0.717) is 12.6 Å². The van der Waals surface area contributed by atoms with E-state index in [-0.39, 0.29) is 6.10 Å². The van der Waals surface area contributed by atoms with Gasteiger partial charge in [0.25, 0.3) is 0 Å². The number of ether oxygens (including phenoxy) is 1. The maximum Gasteiger partial charge on any atom is 0.0931 e. The highest BCUT2D eigenvalue weighted by Gasteiger charge is 2.24. The molecule has 2 rings (SSSR count). The summed E-state index contributed by atoms with van der Waals surface area (Å²) in [5, 5.41) is 0. The van der Waals surface area contributed by atoms with Gasteiger partial charge in [-0.15, -0.1) is 11.3 Å². The second-order valence-electron chi connectivity index (χ2n) is 4.04. The summed E-state index contributed by atoms with van der Waals surface area (Å²) in [5.41, 5.74) is 5.64. The van der Waals surface area contributed by atoms with Gasteiger partial charge in [0.1, 0.15) is 0 Å². The van der Waals surface area contributed by atoms with Crippen LogP contribution in [0.1, 0.15) is 17.8 Å². The topological polar surface area (TPSA) is 38.5 Å². The molecule has 1 aromatic heterocycles. The van der Waals surface area contributed by atoms with Crippen molar-refractivity contribution in [3.63, 3.8) is 0 Å². The molecule has 1 aliphatic heterocycles. The van der Waals surface area contributed by atoms with Crippen LogP contribution in [0.4, 0.5) is 0 Å². The lowest BCUT2D eigenvalue weighted by molar-refractivity contribution is -0.0359. The molecule has 2 N–H and O–H groups in total. The number of morpholine rings is 1. The minimum absolute atomic E-state index is 0.173. The maximum atomic E-state index is 5.95. The van der Waals surface area contributed by atoms with Gasteiger partial charge in [0.15, 0.2) is 0 Å². The molecule has 0 aromatic carbocycles. The predicted molar refractivity (Wildman–Crippen MR) is 68.1 cm³/mol. The standard InChI is InChI=1S/C11H17ClN2OS/c1-8(10-2-3-11(12)16-10)14-4-5-15-9(6-13)7-14/h2-3,8-9H,4-7,13H2,1H3. The monoisotopic (exact) mass is 260 g/mol. The Morgan fingerprint density at radius 1 is 1.69 bits per heavy atom. The van der Waals surface area contributed by atoms with Crippen molar-refractivity contribution >= 4 is 22.9 Å². The van der Waals surface area contributed by atoms with Gasteiger partial charge >= 0.3 is 0 Å². The fourth-order valence-electron chi connectivity index (χ4n) is 1.97. The third-order valence-corrected chi connectivity index (χ3v) is 4.39. The zero-order chi connectivity index (χ0) is 11.5. The molecule has 0 radical (unpaired) electrons. The molecule has 1 aromatic rings. The number of thiophene rings is 1. The summed E-state index contributed by atoms with van der Waals surface area (Å²) < 4.78 is 6.41. The normalized spacial score (nSPS) is 24.6. The molecular formula is C11H17ClN2OS. The SMILES string of the molecule is CC(c1ccc(Cl)s1)N1CCOC(CN)C1. The fraction of sp³-hybridized carbons (Fsp3) is 0.636. The Hall–Kier alpha value is -0.130. The third-order valence-electron chi connectivity index (χ3n) is 2.99. The van der Waals surface area contributed by atoms with Gasteiger partial charge < -0.3 is 10.5 Å². The van der Waals surface area contributed by atoms with Gasteiger partial charge in [-0.05, 0) is 19.1 Å². The van der Waals surface area contributed by atoms with Crippen LogP contribution >= 0.6 is 22.9 Å². The lowest BCUT2D eigenvalue weighted by atomic mass is 10.2. The van der Waals surface area contributed by atoms with Crippen LogP contribution < -0.4 is 5.73 Å². The van der Waals surface area contributed by atoms with E-state index in [2.05, 4.69) is 17.9 Å². The number of hydrogen-bond donors (Lipinski definition) is 1. The van der Waals surface area contributed by atoms with Crippen LogP contribution in [0.3, 0.4) is 0 Å². The van der Waals surface area contributed by atoms with E-state index in [4.69, 9.17) is 22.1 Å². The highest BCUT2D eigenvalue weighted by Crippen LogP contribution is 2.30. The first kappa shape index (κ1) is 12.3. The van der Waals surface area contributed by atoms with Gasteiger partial charge in [0, 0.05) is 30.6 Å². The molecule has 1 aliphatic rings. The number of hydrogen-bond acceptors (Lipinski definition) is 4. The van der Waals surface area contributed by atoms with Crippen molar-refractivity contribution in [1.82, 2.24) is 4.90 Å². The van der Waals surface area contributed by atoms with Crippen LogP contribution in [0, 0.1) is 0 Å². The second-order valence-corrected chi connectivity index (χ2v) is 5.79. The summed E-state index contributed by atoms with van der Waals surface area (Å²) in [7, 11) is 0. The second kappa shape index (κ2) is 5.47. The molecule has 2 heterocycles. The van der Waals surface area contributed by atoms with E-state index < -0.39 is 0 Å². The molecule has 1 saturated heterocycles. The van der Waals surface area contributed by atoms with Crippen molar-refractivity contribution in [2.45, 2.75) is 19.1 Å². The van der Waals surface area contributed by atoms with Crippen LogP contribution in [-0.2, 0) is 4.74 Å². The smallest absolute Gasteiger partial charge is 0.0931 e. The van der Waals surface area contributed by atoms with Gasteiger partial charge in [-0.3, -0.25) is 4.90 Å². The van der Waals surface area contributed by atoms with Crippen molar-refractivity contribution in [2.24, 2.45) is 5.73 Å². The lowest BCUT2D eigenvalue weighted by Crippen LogP contribution is -2.46. The summed E-state index contributed by atoms with van der Waals surface area (Å²) in [6.45, 7) is 5.45. The first-order valence-corrected chi connectivity index (χ1v) is 6.71. The molecule has 0 aliphatic carbocycles. The Bertz CT molecular complexity index is 344. The zero-order valence-corrected chi connectivity index (χ0v) is 10.9. The molecule has 16 heavy (non-hydrogen) atoms.